The number of unbranched alkanes of at least 4 members (excludes halogenated alkanes) is 1. The fourth-order valence-electron chi connectivity index (χ4n) is 3.84. The molecule has 0 amide bonds. The van der Waals surface area contributed by atoms with Crippen molar-refractivity contribution in [1.82, 2.24) is 15.1 Å². The van der Waals surface area contributed by atoms with Crippen molar-refractivity contribution in [3.8, 4) is 0 Å². The predicted octanol–water partition coefficient (Wildman–Crippen LogP) is 6.30. The SMILES string of the molecule is CCCCC(NC(/C=C\CF)=C/C(C)C(F)(F)F)N(CC)CCN(CC)CCC1=CC=NCC=C1. The van der Waals surface area contributed by atoms with Crippen molar-refractivity contribution in [2.45, 2.75) is 65.7 Å². The van der Waals surface area contributed by atoms with Gasteiger partial charge in [-0.1, -0.05) is 58.8 Å². The van der Waals surface area contributed by atoms with E-state index in [4.69, 9.17) is 0 Å². The third-order valence-electron chi connectivity index (χ3n) is 6.15. The van der Waals surface area contributed by atoms with Crippen LogP contribution in [-0.4, -0.2) is 74.3 Å². The number of halogens is 4. The maximum absolute atomic E-state index is 13.2. The average Bonchev–Trinajstić information content (AvgIpc) is 3.11. The molecule has 0 aromatic rings. The standard InChI is InChI=1S/C27H44F4N4/c1-5-8-13-26(33-25(12-9-16-28)22-23(4)27(29,30)31)35(7-3)21-20-34(6-2)19-15-24-11-10-17-32-18-14-24/h9-12,14,18,22-23,26,33H,5-8,13,15-17,19-21H2,1-4H3/b12-9-,25-22+. The van der Waals surface area contributed by atoms with E-state index in [0.717, 1.165) is 71.4 Å². The van der Waals surface area contributed by atoms with Crippen LogP contribution in [0.25, 0.3) is 0 Å². The second kappa shape index (κ2) is 17.5. The summed E-state index contributed by atoms with van der Waals surface area (Å²) in [5.41, 5.74) is 1.57. The van der Waals surface area contributed by atoms with Crippen LogP contribution >= 0.6 is 0 Å². The zero-order chi connectivity index (χ0) is 26.1. The molecule has 0 aromatic heterocycles. The second-order valence-corrected chi connectivity index (χ2v) is 8.78. The van der Waals surface area contributed by atoms with Gasteiger partial charge >= 0.3 is 6.18 Å². The minimum absolute atomic E-state index is 0.127. The van der Waals surface area contributed by atoms with Gasteiger partial charge in [-0.05, 0) is 49.7 Å². The number of rotatable bonds is 17. The van der Waals surface area contributed by atoms with Crippen LogP contribution in [0.1, 0.15) is 53.4 Å². The van der Waals surface area contributed by atoms with Gasteiger partial charge in [0.05, 0.1) is 18.6 Å². The van der Waals surface area contributed by atoms with Gasteiger partial charge in [0.25, 0.3) is 0 Å². The highest BCUT2D eigenvalue weighted by molar-refractivity contribution is 5.73. The maximum atomic E-state index is 13.2. The van der Waals surface area contributed by atoms with Crippen LogP contribution < -0.4 is 5.32 Å². The molecule has 4 nitrogen and oxygen atoms in total. The highest BCUT2D eigenvalue weighted by Crippen LogP contribution is 2.27. The zero-order valence-corrected chi connectivity index (χ0v) is 21.8. The molecule has 1 aliphatic rings. The smallest absolute Gasteiger partial charge is 0.370 e. The average molecular weight is 501 g/mol. The minimum atomic E-state index is -4.34. The van der Waals surface area contributed by atoms with Crippen molar-refractivity contribution in [1.29, 1.82) is 0 Å². The first-order chi connectivity index (χ1) is 16.7. The third kappa shape index (κ3) is 13.1. The van der Waals surface area contributed by atoms with Crippen molar-refractivity contribution in [3.05, 3.63) is 47.7 Å². The van der Waals surface area contributed by atoms with E-state index in [0.29, 0.717) is 12.2 Å². The fraction of sp³-hybridized carbons (Fsp3) is 0.667. The van der Waals surface area contributed by atoms with Gasteiger partial charge in [0, 0.05) is 31.5 Å². The zero-order valence-electron chi connectivity index (χ0n) is 21.8. The van der Waals surface area contributed by atoms with Crippen molar-refractivity contribution >= 4 is 6.21 Å². The second-order valence-electron chi connectivity index (χ2n) is 8.78. The molecule has 0 fully saturated rings. The summed E-state index contributed by atoms with van der Waals surface area (Å²) in [5.74, 6) is -1.62. The summed E-state index contributed by atoms with van der Waals surface area (Å²) in [4.78, 5) is 8.91. The Hall–Kier alpha value is -1.93. The molecule has 0 aliphatic carbocycles. The number of hydrogen-bond acceptors (Lipinski definition) is 4. The van der Waals surface area contributed by atoms with Crippen LogP contribution in [0, 0.1) is 5.92 Å². The molecule has 8 heteroatoms. The molecular formula is C27H44F4N4. The number of likely N-dealkylation sites (N-methyl/N-ethyl adjacent to an activating group) is 2. The Morgan fingerprint density at radius 3 is 2.57 bits per heavy atom. The van der Waals surface area contributed by atoms with E-state index in [1.807, 2.05) is 6.21 Å². The lowest BCUT2D eigenvalue weighted by atomic mass is 10.1. The number of hydrogen-bond donors (Lipinski definition) is 1. The Bertz CT molecular complexity index is 725. The molecule has 1 rings (SSSR count). The Morgan fingerprint density at radius 2 is 1.94 bits per heavy atom. The van der Waals surface area contributed by atoms with Crippen molar-refractivity contribution in [2.24, 2.45) is 10.9 Å². The van der Waals surface area contributed by atoms with E-state index in [2.05, 4.69) is 59.1 Å². The Balaban J connectivity index is 2.88. The van der Waals surface area contributed by atoms with Crippen LogP contribution in [0.3, 0.4) is 0 Å². The van der Waals surface area contributed by atoms with Crippen LogP contribution in [0.5, 0.6) is 0 Å². The highest BCUT2D eigenvalue weighted by Gasteiger charge is 2.34. The number of allylic oxidation sites excluding steroid dienone is 5. The predicted molar refractivity (Wildman–Crippen MR) is 139 cm³/mol. The first kappa shape index (κ1) is 31.1. The Morgan fingerprint density at radius 1 is 1.17 bits per heavy atom. The summed E-state index contributed by atoms with van der Waals surface area (Å²) in [6.07, 6.45) is 11.1. The molecule has 0 aromatic carbocycles. The minimum Gasteiger partial charge on any atom is -0.370 e. The molecule has 2 atom stereocenters. The van der Waals surface area contributed by atoms with Gasteiger partial charge in [-0.2, -0.15) is 13.2 Å². The highest BCUT2D eigenvalue weighted by atomic mass is 19.4. The molecule has 1 aliphatic heterocycles. The maximum Gasteiger partial charge on any atom is 0.394 e. The van der Waals surface area contributed by atoms with Crippen molar-refractivity contribution in [2.75, 3.05) is 45.9 Å². The quantitative estimate of drug-likeness (QED) is 0.144. The van der Waals surface area contributed by atoms with Crippen molar-refractivity contribution in [3.63, 3.8) is 0 Å². The first-order valence-electron chi connectivity index (χ1n) is 12.8. The van der Waals surface area contributed by atoms with Gasteiger partial charge < -0.3 is 10.2 Å². The summed E-state index contributed by atoms with van der Waals surface area (Å²) >= 11 is 0. The van der Waals surface area contributed by atoms with Gasteiger partial charge in [0.15, 0.2) is 0 Å². The van der Waals surface area contributed by atoms with Gasteiger partial charge in [-0.15, -0.1) is 0 Å². The lowest BCUT2D eigenvalue weighted by Gasteiger charge is -2.34. The van der Waals surface area contributed by atoms with E-state index in [1.165, 1.54) is 17.7 Å². The van der Waals surface area contributed by atoms with Crippen LogP contribution in [0.4, 0.5) is 17.6 Å². The molecule has 0 radical (unpaired) electrons. The number of nitrogens with zero attached hydrogens (tertiary/aromatic N) is 3. The summed E-state index contributed by atoms with van der Waals surface area (Å²) in [6.45, 7) is 11.7. The molecule has 200 valence electrons. The molecule has 1 N–H and O–H groups in total. The van der Waals surface area contributed by atoms with Crippen LogP contribution in [-0.2, 0) is 0 Å². The molecule has 35 heavy (non-hydrogen) atoms. The van der Waals surface area contributed by atoms with Crippen LogP contribution in [0.2, 0.25) is 0 Å². The fourth-order valence-corrected chi connectivity index (χ4v) is 3.84. The Kier molecular flexibility index (Phi) is 15.5. The first-order valence-corrected chi connectivity index (χ1v) is 12.8. The summed E-state index contributed by atoms with van der Waals surface area (Å²) < 4.78 is 52.3. The lowest BCUT2D eigenvalue weighted by Crippen LogP contribution is -2.48. The molecule has 0 spiro atoms. The molecule has 0 bridgehead atoms. The summed E-state index contributed by atoms with van der Waals surface area (Å²) in [5, 5.41) is 3.29. The summed E-state index contributed by atoms with van der Waals surface area (Å²) in [7, 11) is 0. The van der Waals surface area contributed by atoms with Gasteiger partial charge in [0.2, 0.25) is 0 Å². The molecule has 0 saturated carbocycles. The monoisotopic (exact) mass is 500 g/mol. The van der Waals surface area contributed by atoms with Gasteiger partial charge in [-0.25, -0.2) is 4.39 Å². The van der Waals surface area contributed by atoms with Crippen molar-refractivity contribution < 1.29 is 17.6 Å². The summed E-state index contributed by atoms with van der Waals surface area (Å²) in [6, 6.07) is 0. The van der Waals surface area contributed by atoms with Crippen LogP contribution in [0.15, 0.2) is 52.7 Å². The topological polar surface area (TPSA) is 30.9 Å². The number of aliphatic imine (C=N–C) groups is 1. The van der Waals surface area contributed by atoms with E-state index in [1.54, 1.807) is 0 Å². The lowest BCUT2D eigenvalue weighted by molar-refractivity contribution is -0.156. The number of nitrogens with one attached hydrogen (secondary N) is 1. The molecule has 1 heterocycles. The Labute approximate surface area is 209 Å². The largest absolute Gasteiger partial charge is 0.394 e. The van der Waals surface area contributed by atoms with Gasteiger partial charge in [0.1, 0.15) is 6.67 Å². The van der Waals surface area contributed by atoms with E-state index >= 15 is 0 Å². The number of alkyl halides is 4. The van der Waals surface area contributed by atoms with E-state index in [-0.39, 0.29) is 6.17 Å². The molecule has 2 unspecified atom stereocenters. The molecular weight excluding hydrogens is 456 g/mol. The van der Waals surface area contributed by atoms with E-state index < -0.39 is 18.8 Å². The molecule has 0 saturated heterocycles. The third-order valence-corrected chi connectivity index (χ3v) is 6.15. The van der Waals surface area contributed by atoms with E-state index in [9.17, 15) is 17.6 Å². The van der Waals surface area contributed by atoms with Gasteiger partial charge in [-0.3, -0.25) is 9.89 Å². The normalized spacial score (nSPS) is 16.7.